The summed E-state index contributed by atoms with van der Waals surface area (Å²) in [5, 5.41) is 5.95. The minimum atomic E-state index is -0.0868. The lowest BCUT2D eigenvalue weighted by atomic mass is 10.2. The van der Waals surface area contributed by atoms with Crippen LogP contribution in [0.5, 0.6) is 5.75 Å². The molecule has 2 aromatic rings. The van der Waals surface area contributed by atoms with E-state index >= 15 is 0 Å². The minimum absolute atomic E-state index is 0.0868. The molecule has 0 bridgehead atoms. The molecule has 0 spiro atoms. The fourth-order valence-electron chi connectivity index (χ4n) is 1.85. The van der Waals surface area contributed by atoms with Gasteiger partial charge in [-0.15, -0.1) is 0 Å². The maximum atomic E-state index is 11.9. The number of rotatable bonds is 5. The molecular formula is C16H17BrN2O2. The lowest BCUT2D eigenvalue weighted by Crippen LogP contribution is -2.22. The molecule has 0 aromatic heterocycles. The number of anilines is 2. The molecule has 0 saturated carbocycles. The zero-order chi connectivity index (χ0) is 15.2. The van der Waals surface area contributed by atoms with Gasteiger partial charge >= 0.3 is 0 Å². The van der Waals surface area contributed by atoms with Crippen molar-refractivity contribution in [3.63, 3.8) is 0 Å². The highest BCUT2D eigenvalue weighted by Crippen LogP contribution is 2.20. The number of benzene rings is 2. The first-order valence-electron chi connectivity index (χ1n) is 6.52. The van der Waals surface area contributed by atoms with Gasteiger partial charge in [0.15, 0.2) is 0 Å². The van der Waals surface area contributed by atoms with Gasteiger partial charge in [0, 0.05) is 15.8 Å². The standard InChI is InChI=1S/C16H17BrN2O2/c1-11-9-12(17)3-8-15(11)19-16(20)10-18-13-4-6-14(21-2)7-5-13/h3-9,18H,10H2,1-2H3,(H,19,20). The lowest BCUT2D eigenvalue weighted by Gasteiger charge is -2.10. The van der Waals surface area contributed by atoms with Crippen LogP contribution in [0.15, 0.2) is 46.9 Å². The van der Waals surface area contributed by atoms with Crippen LogP contribution in [0.4, 0.5) is 11.4 Å². The molecule has 0 aliphatic carbocycles. The fraction of sp³-hybridized carbons (Fsp3) is 0.188. The Kier molecular flexibility index (Phi) is 5.22. The highest BCUT2D eigenvalue weighted by atomic mass is 79.9. The Balaban J connectivity index is 1.89. The summed E-state index contributed by atoms with van der Waals surface area (Å²) in [4.78, 5) is 11.9. The fourth-order valence-corrected chi connectivity index (χ4v) is 2.33. The Labute approximate surface area is 132 Å². The quantitative estimate of drug-likeness (QED) is 0.863. The summed E-state index contributed by atoms with van der Waals surface area (Å²) in [6, 6.07) is 13.2. The van der Waals surface area contributed by atoms with Crippen LogP contribution in [0.3, 0.4) is 0 Å². The summed E-state index contributed by atoms with van der Waals surface area (Å²) in [5.74, 6) is 0.701. The zero-order valence-corrected chi connectivity index (χ0v) is 13.5. The summed E-state index contributed by atoms with van der Waals surface area (Å²) in [7, 11) is 1.62. The summed E-state index contributed by atoms with van der Waals surface area (Å²) >= 11 is 3.40. The third kappa shape index (κ3) is 4.49. The van der Waals surface area contributed by atoms with E-state index in [-0.39, 0.29) is 12.5 Å². The van der Waals surface area contributed by atoms with Gasteiger partial charge in [0.2, 0.25) is 5.91 Å². The summed E-state index contributed by atoms with van der Waals surface area (Å²) in [5.41, 5.74) is 2.71. The first-order chi connectivity index (χ1) is 10.1. The minimum Gasteiger partial charge on any atom is -0.497 e. The SMILES string of the molecule is COc1ccc(NCC(=O)Nc2ccc(Br)cc2C)cc1. The number of methoxy groups -OCH3 is 1. The topological polar surface area (TPSA) is 50.4 Å². The predicted molar refractivity (Wildman–Crippen MR) is 89.0 cm³/mol. The highest BCUT2D eigenvalue weighted by Gasteiger charge is 2.05. The van der Waals surface area contributed by atoms with Crippen molar-refractivity contribution in [1.82, 2.24) is 0 Å². The number of nitrogens with one attached hydrogen (secondary N) is 2. The maximum absolute atomic E-state index is 11.9. The number of amides is 1. The summed E-state index contributed by atoms with van der Waals surface area (Å²) in [6.07, 6.45) is 0. The molecule has 0 aliphatic rings. The van der Waals surface area contributed by atoms with Gasteiger partial charge in [-0.3, -0.25) is 4.79 Å². The van der Waals surface area contributed by atoms with E-state index in [2.05, 4.69) is 26.6 Å². The van der Waals surface area contributed by atoms with Gasteiger partial charge in [-0.1, -0.05) is 15.9 Å². The molecule has 0 heterocycles. The number of aryl methyl sites for hydroxylation is 1. The van der Waals surface area contributed by atoms with Crippen molar-refractivity contribution < 1.29 is 9.53 Å². The molecular weight excluding hydrogens is 332 g/mol. The normalized spacial score (nSPS) is 10.0. The van der Waals surface area contributed by atoms with Gasteiger partial charge in [-0.05, 0) is 55.0 Å². The number of carbonyl (C=O) groups is 1. The second-order valence-corrected chi connectivity index (χ2v) is 5.51. The molecule has 0 atom stereocenters. The molecule has 0 fully saturated rings. The van der Waals surface area contributed by atoms with Crippen LogP contribution in [-0.4, -0.2) is 19.6 Å². The monoisotopic (exact) mass is 348 g/mol. The van der Waals surface area contributed by atoms with Crippen molar-refractivity contribution in [3.05, 3.63) is 52.5 Å². The van der Waals surface area contributed by atoms with Gasteiger partial charge in [0.1, 0.15) is 5.75 Å². The second-order valence-electron chi connectivity index (χ2n) is 4.59. The number of hydrogen-bond acceptors (Lipinski definition) is 3. The number of ether oxygens (including phenoxy) is 1. The third-order valence-corrected chi connectivity index (χ3v) is 3.50. The molecule has 0 aliphatic heterocycles. The van der Waals surface area contributed by atoms with Crippen molar-refractivity contribution in [3.8, 4) is 5.75 Å². The molecule has 2 aromatic carbocycles. The van der Waals surface area contributed by atoms with E-state index in [1.165, 1.54) is 0 Å². The van der Waals surface area contributed by atoms with Gasteiger partial charge < -0.3 is 15.4 Å². The third-order valence-electron chi connectivity index (χ3n) is 3.01. The summed E-state index contributed by atoms with van der Waals surface area (Å²) < 4.78 is 6.08. The van der Waals surface area contributed by atoms with Crippen molar-refractivity contribution in [2.45, 2.75) is 6.92 Å². The van der Waals surface area contributed by atoms with Crippen molar-refractivity contribution in [1.29, 1.82) is 0 Å². The number of halogens is 1. The van der Waals surface area contributed by atoms with Gasteiger partial charge in [0.25, 0.3) is 0 Å². The smallest absolute Gasteiger partial charge is 0.243 e. The lowest BCUT2D eigenvalue weighted by molar-refractivity contribution is -0.114. The summed E-state index contributed by atoms with van der Waals surface area (Å²) in [6.45, 7) is 2.17. The van der Waals surface area contributed by atoms with E-state index in [1.807, 2.05) is 49.4 Å². The molecule has 2 rings (SSSR count). The molecule has 1 amide bonds. The van der Waals surface area contributed by atoms with Crippen LogP contribution in [0.1, 0.15) is 5.56 Å². The first-order valence-corrected chi connectivity index (χ1v) is 7.31. The second kappa shape index (κ2) is 7.13. The van der Waals surface area contributed by atoms with E-state index in [9.17, 15) is 4.79 Å². The van der Waals surface area contributed by atoms with Crippen LogP contribution < -0.4 is 15.4 Å². The average Bonchev–Trinajstić information content (AvgIpc) is 2.48. The van der Waals surface area contributed by atoms with Crippen molar-refractivity contribution >= 4 is 33.2 Å². The van der Waals surface area contributed by atoms with Crippen LogP contribution >= 0.6 is 15.9 Å². The van der Waals surface area contributed by atoms with E-state index in [0.29, 0.717) is 0 Å². The number of carbonyl (C=O) groups excluding carboxylic acids is 1. The average molecular weight is 349 g/mol. The van der Waals surface area contributed by atoms with Gasteiger partial charge in [-0.2, -0.15) is 0 Å². The van der Waals surface area contributed by atoms with E-state index < -0.39 is 0 Å². The number of hydrogen-bond donors (Lipinski definition) is 2. The Morgan fingerprint density at radius 2 is 1.90 bits per heavy atom. The largest absolute Gasteiger partial charge is 0.497 e. The molecule has 0 radical (unpaired) electrons. The van der Waals surface area contributed by atoms with Crippen LogP contribution in [-0.2, 0) is 4.79 Å². The van der Waals surface area contributed by atoms with E-state index in [1.54, 1.807) is 7.11 Å². The van der Waals surface area contributed by atoms with Crippen LogP contribution in [0.2, 0.25) is 0 Å². The van der Waals surface area contributed by atoms with Crippen LogP contribution in [0.25, 0.3) is 0 Å². The van der Waals surface area contributed by atoms with Gasteiger partial charge in [-0.25, -0.2) is 0 Å². The molecule has 110 valence electrons. The zero-order valence-electron chi connectivity index (χ0n) is 11.9. The Morgan fingerprint density at radius 1 is 1.19 bits per heavy atom. The Hall–Kier alpha value is -2.01. The molecule has 5 heteroatoms. The van der Waals surface area contributed by atoms with Gasteiger partial charge in [0.05, 0.1) is 13.7 Å². The van der Waals surface area contributed by atoms with Crippen molar-refractivity contribution in [2.24, 2.45) is 0 Å². The van der Waals surface area contributed by atoms with Crippen molar-refractivity contribution in [2.75, 3.05) is 24.3 Å². The molecule has 4 nitrogen and oxygen atoms in total. The van der Waals surface area contributed by atoms with E-state index in [4.69, 9.17) is 4.74 Å². The molecule has 0 saturated heterocycles. The predicted octanol–water partition coefficient (Wildman–Crippen LogP) is 3.82. The Morgan fingerprint density at radius 3 is 2.52 bits per heavy atom. The molecule has 2 N–H and O–H groups in total. The molecule has 21 heavy (non-hydrogen) atoms. The molecule has 0 unspecified atom stereocenters. The highest BCUT2D eigenvalue weighted by molar-refractivity contribution is 9.10. The maximum Gasteiger partial charge on any atom is 0.243 e. The van der Waals surface area contributed by atoms with E-state index in [0.717, 1.165) is 27.2 Å². The van der Waals surface area contributed by atoms with Crippen LogP contribution in [0, 0.1) is 6.92 Å². The first kappa shape index (κ1) is 15.4. The Bertz CT molecular complexity index is 627.